The third-order valence-corrected chi connectivity index (χ3v) is 3.50. The predicted octanol–water partition coefficient (Wildman–Crippen LogP) is 2.73. The third-order valence-electron chi connectivity index (χ3n) is 2.33. The fourth-order valence-corrected chi connectivity index (χ4v) is 2.39. The Morgan fingerprint density at radius 3 is 2.67 bits per heavy atom. The molecule has 0 aliphatic rings. The largest absolute Gasteiger partial charge is 0.462 e. The molecule has 18 heavy (non-hydrogen) atoms. The lowest BCUT2D eigenvalue weighted by molar-refractivity contribution is 0.0523. The van der Waals surface area contributed by atoms with Crippen LogP contribution in [0.1, 0.15) is 50.5 Å². The molecular weight excluding hydrogens is 250 g/mol. The van der Waals surface area contributed by atoms with Crippen molar-refractivity contribution in [3.63, 3.8) is 0 Å². The summed E-state index contributed by atoms with van der Waals surface area (Å²) in [6.07, 6.45) is 1.02. The van der Waals surface area contributed by atoms with Crippen molar-refractivity contribution in [2.24, 2.45) is 0 Å². The Morgan fingerprint density at radius 2 is 2.17 bits per heavy atom. The van der Waals surface area contributed by atoms with Gasteiger partial charge >= 0.3 is 5.97 Å². The zero-order chi connectivity index (χ0) is 13.7. The van der Waals surface area contributed by atoms with Gasteiger partial charge in [-0.3, -0.25) is 0 Å². The molecule has 0 fully saturated rings. The Hall–Kier alpha value is -1.17. The van der Waals surface area contributed by atoms with Gasteiger partial charge in [-0.1, -0.05) is 6.92 Å². The van der Waals surface area contributed by atoms with Crippen LogP contribution in [-0.2, 0) is 4.74 Å². The van der Waals surface area contributed by atoms with Crippen molar-refractivity contribution in [2.75, 3.05) is 18.1 Å². The summed E-state index contributed by atoms with van der Waals surface area (Å²) in [7, 11) is 0. The van der Waals surface area contributed by atoms with E-state index in [1.807, 2.05) is 13.8 Å². The lowest BCUT2D eigenvalue weighted by Gasteiger charge is -2.07. The number of nitrogens with zero attached hydrogens (tertiary/aromatic N) is 2. The number of nitrogen functional groups attached to an aromatic ring is 1. The predicted molar refractivity (Wildman–Crippen MR) is 74.0 cm³/mol. The van der Waals surface area contributed by atoms with E-state index in [-0.39, 0.29) is 12.0 Å². The van der Waals surface area contributed by atoms with E-state index >= 15 is 0 Å². The van der Waals surface area contributed by atoms with Crippen molar-refractivity contribution in [2.45, 2.75) is 45.2 Å². The Bertz CT molecular complexity index is 416. The number of hydrogen-bond donors (Lipinski definition) is 1. The molecule has 0 atom stereocenters. The molecule has 2 N–H and O–H groups in total. The highest BCUT2D eigenvalue weighted by molar-refractivity contribution is 7.99. The second-order valence-electron chi connectivity index (χ2n) is 4.17. The lowest BCUT2D eigenvalue weighted by Crippen LogP contribution is -2.11. The summed E-state index contributed by atoms with van der Waals surface area (Å²) in [6.45, 7) is 8.15. The average molecular weight is 271 g/mol. The second kappa shape index (κ2) is 6.68. The molecule has 0 radical (unpaired) electrons. The maximum Gasteiger partial charge on any atom is 0.344 e. The zero-order valence-electron chi connectivity index (χ0n) is 11.4. The number of hydrogen-bond acceptors (Lipinski definition) is 5. The van der Waals surface area contributed by atoms with E-state index in [0.29, 0.717) is 23.0 Å². The Balaban J connectivity index is 3.13. The molecule has 1 aromatic rings. The Kier molecular flexibility index (Phi) is 5.53. The number of ether oxygens (including phenoxy) is 1. The van der Waals surface area contributed by atoms with Gasteiger partial charge in [0.25, 0.3) is 0 Å². The lowest BCUT2D eigenvalue weighted by atomic mass is 10.3. The third kappa shape index (κ3) is 3.19. The average Bonchev–Trinajstić information content (AvgIpc) is 2.64. The van der Waals surface area contributed by atoms with Crippen molar-refractivity contribution >= 4 is 23.5 Å². The van der Waals surface area contributed by atoms with Gasteiger partial charge in [-0.25, -0.2) is 9.48 Å². The van der Waals surface area contributed by atoms with Gasteiger partial charge in [0.15, 0.2) is 0 Å². The maximum atomic E-state index is 11.9. The number of esters is 1. The first-order chi connectivity index (χ1) is 8.52. The van der Waals surface area contributed by atoms with Crippen LogP contribution in [0.15, 0.2) is 5.03 Å². The summed E-state index contributed by atoms with van der Waals surface area (Å²) >= 11 is 1.54. The van der Waals surface area contributed by atoms with Crippen LogP contribution in [0, 0.1) is 0 Å². The van der Waals surface area contributed by atoms with Crippen LogP contribution in [0.4, 0.5) is 5.82 Å². The van der Waals surface area contributed by atoms with Gasteiger partial charge in [0.05, 0.1) is 6.61 Å². The van der Waals surface area contributed by atoms with Crippen LogP contribution in [0.3, 0.4) is 0 Å². The first-order valence-corrected chi connectivity index (χ1v) is 7.19. The summed E-state index contributed by atoms with van der Waals surface area (Å²) in [5.74, 6) is 0.906. The number of aromatic nitrogens is 2. The highest BCUT2D eigenvalue weighted by Gasteiger charge is 2.24. The molecule has 0 aromatic carbocycles. The van der Waals surface area contributed by atoms with Gasteiger partial charge in [0.1, 0.15) is 16.4 Å². The van der Waals surface area contributed by atoms with Crippen molar-refractivity contribution in [3.05, 3.63) is 5.56 Å². The van der Waals surface area contributed by atoms with Crippen molar-refractivity contribution in [3.8, 4) is 0 Å². The molecule has 0 unspecified atom stereocenters. The summed E-state index contributed by atoms with van der Waals surface area (Å²) in [6, 6.07) is 0.120. The van der Waals surface area contributed by atoms with E-state index in [1.165, 1.54) is 0 Å². The molecule has 0 bridgehead atoms. The van der Waals surface area contributed by atoms with Crippen LogP contribution in [-0.4, -0.2) is 28.1 Å². The molecule has 0 spiro atoms. The number of carbonyl (C=O) groups excluding carboxylic acids is 1. The monoisotopic (exact) mass is 271 g/mol. The van der Waals surface area contributed by atoms with Crippen molar-refractivity contribution < 1.29 is 9.53 Å². The van der Waals surface area contributed by atoms with E-state index in [0.717, 1.165) is 12.2 Å². The highest BCUT2D eigenvalue weighted by atomic mass is 32.2. The van der Waals surface area contributed by atoms with Gasteiger partial charge in [-0.05, 0) is 32.9 Å². The highest BCUT2D eigenvalue weighted by Crippen LogP contribution is 2.29. The zero-order valence-corrected chi connectivity index (χ0v) is 12.2. The molecule has 1 heterocycles. The quantitative estimate of drug-likeness (QED) is 0.636. The molecule has 0 saturated carbocycles. The number of carbonyl (C=O) groups is 1. The molecular formula is C12H21N3O2S. The first kappa shape index (κ1) is 14.9. The van der Waals surface area contributed by atoms with Crippen molar-refractivity contribution in [1.29, 1.82) is 0 Å². The number of anilines is 1. The molecule has 1 rings (SSSR count). The molecule has 5 nitrogen and oxygen atoms in total. The summed E-state index contributed by atoms with van der Waals surface area (Å²) < 4.78 is 6.71. The maximum absolute atomic E-state index is 11.9. The molecule has 1 aromatic heterocycles. The van der Waals surface area contributed by atoms with E-state index in [4.69, 9.17) is 10.5 Å². The van der Waals surface area contributed by atoms with Gasteiger partial charge in [0, 0.05) is 6.04 Å². The van der Waals surface area contributed by atoms with Crippen LogP contribution in [0.25, 0.3) is 0 Å². The van der Waals surface area contributed by atoms with E-state index in [1.54, 1.807) is 23.4 Å². The summed E-state index contributed by atoms with van der Waals surface area (Å²) in [5, 5.41) is 5.07. The van der Waals surface area contributed by atoms with Gasteiger partial charge in [0.2, 0.25) is 0 Å². The molecule has 0 aliphatic carbocycles. The Morgan fingerprint density at radius 1 is 1.50 bits per heavy atom. The molecule has 0 saturated heterocycles. The fraction of sp³-hybridized carbons (Fsp3) is 0.667. The normalized spacial score (nSPS) is 10.9. The van der Waals surface area contributed by atoms with Crippen LogP contribution in [0.2, 0.25) is 0 Å². The Labute approximate surface area is 112 Å². The standard InChI is InChI=1S/C12H21N3O2S/c1-5-7-18-11-9(12(16)17-6-2)10(13)15(14-11)8(3)4/h8H,5-7,13H2,1-4H3. The molecule has 0 amide bonds. The van der Waals surface area contributed by atoms with Crippen molar-refractivity contribution in [1.82, 2.24) is 9.78 Å². The minimum atomic E-state index is -0.388. The fourth-order valence-electron chi connectivity index (χ4n) is 1.51. The first-order valence-electron chi connectivity index (χ1n) is 6.20. The summed E-state index contributed by atoms with van der Waals surface area (Å²) in [4.78, 5) is 11.9. The topological polar surface area (TPSA) is 70.1 Å². The second-order valence-corrected chi connectivity index (χ2v) is 5.26. The SMILES string of the molecule is CCCSc1nn(C(C)C)c(N)c1C(=O)OCC. The smallest absolute Gasteiger partial charge is 0.344 e. The minimum Gasteiger partial charge on any atom is -0.462 e. The summed E-state index contributed by atoms with van der Waals surface area (Å²) in [5.41, 5.74) is 6.40. The van der Waals surface area contributed by atoms with Gasteiger partial charge in [-0.2, -0.15) is 5.10 Å². The van der Waals surface area contributed by atoms with E-state index < -0.39 is 0 Å². The van der Waals surface area contributed by atoms with E-state index in [2.05, 4.69) is 12.0 Å². The van der Waals surface area contributed by atoms with Crippen LogP contribution in [0.5, 0.6) is 0 Å². The molecule has 102 valence electrons. The molecule has 6 heteroatoms. The molecule has 0 aliphatic heterocycles. The number of thioether (sulfide) groups is 1. The number of nitrogens with two attached hydrogens (primary N) is 1. The van der Waals surface area contributed by atoms with Gasteiger partial charge < -0.3 is 10.5 Å². The number of rotatable bonds is 6. The van der Waals surface area contributed by atoms with E-state index in [9.17, 15) is 4.79 Å². The minimum absolute atomic E-state index is 0.120. The van der Waals surface area contributed by atoms with Crippen LogP contribution < -0.4 is 5.73 Å². The van der Waals surface area contributed by atoms with Crippen LogP contribution >= 0.6 is 11.8 Å². The van der Waals surface area contributed by atoms with Gasteiger partial charge in [-0.15, -0.1) is 11.8 Å².